The van der Waals surface area contributed by atoms with Crippen molar-refractivity contribution in [1.29, 1.82) is 0 Å². The Hall–Kier alpha value is -1.26. The van der Waals surface area contributed by atoms with Gasteiger partial charge in [-0.2, -0.15) is 0 Å². The summed E-state index contributed by atoms with van der Waals surface area (Å²) < 4.78 is 0. The van der Waals surface area contributed by atoms with Crippen molar-refractivity contribution in [3.8, 4) is 0 Å². The van der Waals surface area contributed by atoms with E-state index >= 15 is 0 Å². The molecule has 106 valence electrons. The van der Waals surface area contributed by atoms with E-state index in [0.717, 1.165) is 38.9 Å². The first-order chi connectivity index (χ1) is 9.24. The maximum Gasteiger partial charge on any atom is 0.317 e. The van der Waals surface area contributed by atoms with E-state index in [9.17, 15) is 9.59 Å². The first kappa shape index (κ1) is 12.8. The van der Waals surface area contributed by atoms with E-state index in [2.05, 4.69) is 5.32 Å². The lowest BCUT2D eigenvalue weighted by atomic mass is 10.3. The minimum Gasteiger partial charge on any atom is -0.341 e. The quantitative estimate of drug-likeness (QED) is 0.829. The van der Waals surface area contributed by atoms with E-state index < -0.39 is 0 Å². The lowest BCUT2D eigenvalue weighted by Crippen LogP contribution is -2.43. The zero-order valence-electron chi connectivity index (χ0n) is 11.4. The molecule has 3 fully saturated rings. The molecule has 1 aliphatic heterocycles. The van der Waals surface area contributed by atoms with Gasteiger partial charge in [-0.15, -0.1) is 0 Å². The number of hydrogen-bond donors (Lipinski definition) is 1. The molecule has 1 heterocycles. The SMILES string of the molecule is O=C(NCC1CC1)N1CCCN(C(=O)C2CC2)CC1. The summed E-state index contributed by atoms with van der Waals surface area (Å²) in [6, 6.07) is 0.0487. The molecule has 0 atom stereocenters. The highest BCUT2D eigenvalue weighted by Crippen LogP contribution is 2.31. The first-order valence-corrected chi connectivity index (χ1v) is 7.55. The van der Waals surface area contributed by atoms with Crippen molar-refractivity contribution in [3.63, 3.8) is 0 Å². The van der Waals surface area contributed by atoms with Gasteiger partial charge < -0.3 is 15.1 Å². The van der Waals surface area contributed by atoms with Crippen molar-refractivity contribution in [1.82, 2.24) is 15.1 Å². The van der Waals surface area contributed by atoms with Crippen LogP contribution in [0.15, 0.2) is 0 Å². The van der Waals surface area contributed by atoms with Crippen LogP contribution >= 0.6 is 0 Å². The molecule has 0 unspecified atom stereocenters. The molecule has 2 saturated carbocycles. The maximum atomic E-state index is 12.0. The molecule has 3 aliphatic rings. The van der Waals surface area contributed by atoms with Crippen LogP contribution in [0.3, 0.4) is 0 Å². The largest absolute Gasteiger partial charge is 0.341 e. The topological polar surface area (TPSA) is 52.7 Å². The normalized spacial score (nSPS) is 24.0. The van der Waals surface area contributed by atoms with E-state index in [1.807, 2.05) is 9.80 Å². The average Bonchev–Trinajstić information content (AvgIpc) is 3.31. The first-order valence-electron chi connectivity index (χ1n) is 7.55. The molecular formula is C14H23N3O2. The number of nitrogens with zero attached hydrogens (tertiary/aromatic N) is 2. The third kappa shape index (κ3) is 3.39. The summed E-state index contributed by atoms with van der Waals surface area (Å²) in [5.41, 5.74) is 0. The molecule has 0 aromatic heterocycles. The third-order valence-electron chi connectivity index (χ3n) is 4.26. The number of hydrogen-bond acceptors (Lipinski definition) is 2. The second kappa shape index (κ2) is 5.39. The van der Waals surface area contributed by atoms with Gasteiger partial charge in [-0.05, 0) is 38.0 Å². The molecule has 0 aromatic carbocycles. The number of urea groups is 1. The van der Waals surface area contributed by atoms with Crippen molar-refractivity contribution in [2.75, 3.05) is 32.7 Å². The van der Waals surface area contributed by atoms with Gasteiger partial charge >= 0.3 is 6.03 Å². The summed E-state index contributed by atoms with van der Waals surface area (Å²) in [6.45, 7) is 3.77. The van der Waals surface area contributed by atoms with E-state index in [1.54, 1.807) is 0 Å². The second-order valence-corrected chi connectivity index (χ2v) is 6.07. The minimum atomic E-state index is 0.0487. The molecule has 0 bridgehead atoms. The van der Waals surface area contributed by atoms with Gasteiger partial charge in [0.2, 0.25) is 5.91 Å². The van der Waals surface area contributed by atoms with E-state index in [1.165, 1.54) is 12.8 Å². The predicted octanol–water partition coefficient (Wildman–Crippen LogP) is 1.05. The van der Waals surface area contributed by atoms with Crippen LogP contribution in [-0.4, -0.2) is 54.5 Å². The zero-order chi connectivity index (χ0) is 13.2. The molecule has 0 radical (unpaired) electrons. The van der Waals surface area contributed by atoms with Gasteiger partial charge in [0.15, 0.2) is 0 Å². The summed E-state index contributed by atoms with van der Waals surface area (Å²) in [7, 11) is 0. The molecule has 0 spiro atoms. The van der Waals surface area contributed by atoms with Gasteiger partial charge in [-0.3, -0.25) is 4.79 Å². The number of rotatable bonds is 3. The summed E-state index contributed by atoms with van der Waals surface area (Å²) >= 11 is 0. The fourth-order valence-electron chi connectivity index (χ4n) is 2.59. The van der Waals surface area contributed by atoms with Crippen molar-refractivity contribution in [2.45, 2.75) is 32.1 Å². The molecule has 2 aliphatic carbocycles. The summed E-state index contributed by atoms with van der Waals surface area (Å²) in [4.78, 5) is 27.9. The highest BCUT2D eigenvalue weighted by Gasteiger charge is 2.34. The second-order valence-electron chi connectivity index (χ2n) is 6.07. The lowest BCUT2D eigenvalue weighted by Gasteiger charge is -2.22. The van der Waals surface area contributed by atoms with Gasteiger partial charge in [-0.1, -0.05) is 0 Å². The number of carbonyl (C=O) groups is 2. The monoisotopic (exact) mass is 265 g/mol. The fraction of sp³-hybridized carbons (Fsp3) is 0.857. The number of amides is 3. The van der Waals surface area contributed by atoms with Crippen molar-refractivity contribution >= 4 is 11.9 Å². The van der Waals surface area contributed by atoms with Crippen LogP contribution in [0.5, 0.6) is 0 Å². The smallest absolute Gasteiger partial charge is 0.317 e. The third-order valence-corrected chi connectivity index (χ3v) is 4.26. The zero-order valence-corrected chi connectivity index (χ0v) is 11.4. The Morgan fingerprint density at radius 3 is 2.32 bits per heavy atom. The highest BCUT2D eigenvalue weighted by molar-refractivity contribution is 5.81. The molecule has 5 heteroatoms. The van der Waals surface area contributed by atoms with Crippen molar-refractivity contribution in [2.24, 2.45) is 11.8 Å². The molecule has 3 rings (SSSR count). The molecule has 0 aromatic rings. The van der Waals surface area contributed by atoms with Gasteiger partial charge in [0.1, 0.15) is 0 Å². The Morgan fingerprint density at radius 2 is 1.63 bits per heavy atom. The number of nitrogens with one attached hydrogen (secondary N) is 1. The average molecular weight is 265 g/mol. The Balaban J connectivity index is 1.45. The van der Waals surface area contributed by atoms with E-state index in [0.29, 0.717) is 24.9 Å². The Labute approximate surface area is 114 Å². The van der Waals surface area contributed by atoms with Crippen molar-refractivity contribution in [3.05, 3.63) is 0 Å². The maximum absolute atomic E-state index is 12.0. The van der Waals surface area contributed by atoms with E-state index in [-0.39, 0.29) is 11.9 Å². The van der Waals surface area contributed by atoms with E-state index in [4.69, 9.17) is 0 Å². The summed E-state index contributed by atoms with van der Waals surface area (Å²) in [5.74, 6) is 1.30. The predicted molar refractivity (Wildman–Crippen MR) is 71.6 cm³/mol. The molecule has 3 amide bonds. The highest BCUT2D eigenvalue weighted by atomic mass is 16.2. The molecule has 19 heavy (non-hydrogen) atoms. The number of carbonyl (C=O) groups excluding carboxylic acids is 2. The Morgan fingerprint density at radius 1 is 0.947 bits per heavy atom. The summed E-state index contributed by atoms with van der Waals surface area (Å²) in [6.07, 6.45) is 5.52. The van der Waals surface area contributed by atoms with Crippen LogP contribution in [0.1, 0.15) is 32.1 Å². The fourth-order valence-corrected chi connectivity index (χ4v) is 2.59. The van der Waals surface area contributed by atoms with Gasteiger partial charge in [0, 0.05) is 38.6 Å². The molecule has 1 saturated heterocycles. The summed E-state index contributed by atoms with van der Waals surface area (Å²) in [5, 5.41) is 3.00. The van der Waals surface area contributed by atoms with Crippen LogP contribution in [0.2, 0.25) is 0 Å². The van der Waals surface area contributed by atoms with Crippen LogP contribution in [0, 0.1) is 11.8 Å². The minimum absolute atomic E-state index is 0.0487. The standard InChI is InChI=1S/C14H23N3O2/c18-13(12-4-5-12)16-6-1-7-17(9-8-16)14(19)15-10-11-2-3-11/h11-12H,1-10H2,(H,15,19). The van der Waals surface area contributed by atoms with Crippen LogP contribution in [0.4, 0.5) is 4.79 Å². The van der Waals surface area contributed by atoms with Gasteiger partial charge in [0.25, 0.3) is 0 Å². The molecule has 1 N–H and O–H groups in total. The van der Waals surface area contributed by atoms with Crippen LogP contribution in [-0.2, 0) is 4.79 Å². The molecular weight excluding hydrogens is 242 g/mol. The van der Waals surface area contributed by atoms with Gasteiger partial charge in [0.05, 0.1) is 0 Å². The molecule has 5 nitrogen and oxygen atoms in total. The van der Waals surface area contributed by atoms with Crippen LogP contribution < -0.4 is 5.32 Å². The van der Waals surface area contributed by atoms with Crippen molar-refractivity contribution < 1.29 is 9.59 Å². The van der Waals surface area contributed by atoms with Crippen LogP contribution in [0.25, 0.3) is 0 Å². The van der Waals surface area contributed by atoms with Gasteiger partial charge in [-0.25, -0.2) is 4.79 Å². The Kier molecular flexibility index (Phi) is 3.62. The Bertz CT molecular complexity index is 364. The lowest BCUT2D eigenvalue weighted by molar-refractivity contribution is -0.132.